The molecule has 0 aliphatic heterocycles. The number of carbonyl (C=O) groups is 4. The molecule has 0 unspecified atom stereocenters. The summed E-state index contributed by atoms with van der Waals surface area (Å²) < 4.78 is 15.6. The van der Waals surface area contributed by atoms with Gasteiger partial charge in [-0.3, -0.25) is 19.2 Å². The maximum Gasteiger partial charge on any atom is 0.325 e. The van der Waals surface area contributed by atoms with Crippen LogP contribution in [-0.4, -0.2) is 61.4 Å². The Hall–Kier alpha value is -2.90. The minimum atomic E-state index is -0.980. The summed E-state index contributed by atoms with van der Waals surface area (Å²) in [6, 6.07) is 6.40. The molecule has 1 aromatic carbocycles. The van der Waals surface area contributed by atoms with Gasteiger partial charge in [-0.1, -0.05) is 115 Å². The fourth-order valence-electron chi connectivity index (χ4n) is 4.76. The summed E-state index contributed by atoms with van der Waals surface area (Å²) >= 11 is 0. The van der Waals surface area contributed by atoms with Gasteiger partial charge >= 0.3 is 11.9 Å². The molecular weight excluding hydrogens is 534 g/mol. The van der Waals surface area contributed by atoms with E-state index in [1.54, 1.807) is 26.0 Å². The minimum absolute atomic E-state index is 0.118. The second-order valence-electron chi connectivity index (χ2n) is 10.8. The molecule has 0 heterocycles. The highest BCUT2D eigenvalue weighted by Crippen LogP contribution is 2.17. The van der Waals surface area contributed by atoms with Gasteiger partial charge in [0.1, 0.15) is 18.8 Å². The first kappa shape index (κ1) is 37.1. The second kappa shape index (κ2) is 24.7. The lowest BCUT2D eigenvalue weighted by molar-refractivity contribution is -0.152. The van der Waals surface area contributed by atoms with Crippen LogP contribution >= 0.6 is 0 Å². The third-order valence-corrected chi connectivity index (χ3v) is 7.09. The van der Waals surface area contributed by atoms with Gasteiger partial charge in [-0.05, 0) is 32.4 Å². The average molecular weight is 590 g/mol. The fraction of sp³-hybridized carbons (Fsp3) is 0.706. The van der Waals surface area contributed by atoms with Crippen molar-refractivity contribution in [2.24, 2.45) is 0 Å². The van der Waals surface area contributed by atoms with Gasteiger partial charge in [0.2, 0.25) is 0 Å². The average Bonchev–Trinajstić information content (AvgIpc) is 2.98. The van der Waals surface area contributed by atoms with Crippen LogP contribution in [0.4, 0.5) is 0 Å². The van der Waals surface area contributed by atoms with Gasteiger partial charge in [-0.25, -0.2) is 0 Å². The molecule has 1 rings (SSSR count). The lowest BCUT2D eigenvalue weighted by Gasteiger charge is -2.20. The largest absolute Gasteiger partial charge is 0.494 e. The molecule has 0 aliphatic carbocycles. The number of esters is 2. The molecule has 0 radical (unpaired) electrons. The Morgan fingerprint density at radius 2 is 1.07 bits per heavy atom. The van der Waals surface area contributed by atoms with Crippen LogP contribution in [0, 0.1) is 0 Å². The van der Waals surface area contributed by atoms with Crippen molar-refractivity contribution >= 4 is 23.6 Å². The monoisotopic (exact) mass is 589 g/mol. The lowest BCUT2D eigenvalue weighted by Crippen LogP contribution is -2.44. The molecule has 8 heteroatoms. The van der Waals surface area contributed by atoms with Crippen molar-refractivity contribution in [1.82, 2.24) is 4.90 Å². The van der Waals surface area contributed by atoms with E-state index in [4.69, 9.17) is 14.2 Å². The Labute approximate surface area is 253 Å². The Kier molecular flexibility index (Phi) is 21.8. The fourth-order valence-corrected chi connectivity index (χ4v) is 4.76. The molecule has 0 fully saturated rings. The number of hydrogen-bond donors (Lipinski definition) is 0. The van der Waals surface area contributed by atoms with E-state index >= 15 is 0 Å². The number of nitrogens with zero attached hydrogens (tertiary/aromatic N) is 1. The molecule has 0 aromatic heterocycles. The number of rotatable bonds is 26. The molecule has 8 nitrogen and oxygen atoms in total. The molecule has 0 spiro atoms. The molecule has 0 saturated carbocycles. The summed E-state index contributed by atoms with van der Waals surface area (Å²) in [5.41, 5.74) is 0.127. The molecule has 42 heavy (non-hydrogen) atoms. The van der Waals surface area contributed by atoms with E-state index in [1.165, 1.54) is 102 Å². The first-order chi connectivity index (χ1) is 20.4. The summed E-state index contributed by atoms with van der Waals surface area (Å²) in [6.07, 6.45) is 20.9. The molecule has 0 saturated heterocycles. The van der Waals surface area contributed by atoms with E-state index in [2.05, 4.69) is 6.92 Å². The van der Waals surface area contributed by atoms with Crippen molar-refractivity contribution in [2.75, 3.05) is 32.9 Å². The van der Waals surface area contributed by atoms with E-state index in [-0.39, 0.29) is 18.8 Å². The zero-order valence-electron chi connectivity index (χ0n) is 26.5. The number of Topliss-reactive ketones (excluding diaryl/α,β-unsaturated/α-hetero) is 1. The predicted molar refractivity (Wildman–Crippen MR) is 166 cm³/mol. The molecule has 0 aliphatic rings. The number of amides is 1. The van der Waals surface area contributed by atoms with Gasteiger partial charge in [-0.15, -0.1) is 0 Å². The van der Waals surface area contributed by atoms with Crippen molar-refractivity contribution in [2.45, 2.75) is 124 Å². The normalized spacial score (nSPS) is 10.7. The van der Waals surface area contributed by atoms with Crippen LogP contribution in [0.3, 0.4) is 0 Å². The SMILES string of the molecule is CCCCCCCCCCCCCCCCCCOc1cccc(C(=O)C(=O)N(CC(=O)OCC)CC(=O)OCC)c1. The molecule has 0 bridgehead atoms. The number of benzene rings is 1. The number of ether oxygens (including phenoxy) is 3. The van der Waals surface area contributed by atoms with Crippen molar-refractivity contribution < 1.29 is 33.4 Å². The molecule has 1 amide bonds. The number of unbranched alkanes of at least 4 members (excludes halogenated alkanes) is 15. The third-order valence-electron chi connectivity index (χ3n) is 7.09. The van der Waals surface area contributed by atoms with Gasteiger partial charge in [0, 0.05) is 5.56 Å². The van der Waals surface area contributed by atoms with Crippen molar-refractivity contribution in [3.05, 3.63) is 29.8 Å². The Morgan fingerprint density at radius 1 is 0.619 bits per heavy atom. The van der Waals surface area contributed by atoms with Crippen molar-refractivity contribution in [3.63, 3.8) is 0 Å². The quantitative estimate of drug-likeness (QED) is 0.0478. The van der Waals surface area contributed by atoms with E-state index in [0.717, 1.165) is 17.7 Å². The maximum absolute atomic E-state index is 12.9. The van der Waals surface area contributed by atoms with E-state index in [1.807, 2.05) is 0 Å². The molecule has 0 N–H and O–H groups in total. The highest BCUT2D eigenvalue weighted by molar-refractivity contribution is 6.43. The summed E-state index contributed by atoms with van der Waals surface area (Å²) in [7, 11) is 0. The predicted octanol–water partition coefficient (Wildman–Crippen LogP) is 7.46. The van der Waals surface area contributed by atoms with Crippen LogP contribution in [0.2, 0.25) is 0 Å². The van der Waals surface area contributed by atoms with Crippen molar-refractivity contribution in [1.29, 1.82) is 0 Å². The minimum Gasteiger partial charge on any atom is -0.494 e. The number of hydrogen-bond acceptors (Lipinski definition) is 7. The van der Waals surface area contributed by atoms with Gasteiger partial charge in [-0.2, -0.15) is 0 Å². The Balaban J connectivity index is 2.29. The zero-order valence-corrected chi connectivity index (χ0v) is 26.5. The van der Waals surface area contributed by atoms with E-state index < -0.39 is 36.7 Å². The van der Waals surface area contributed by atoms with E-state index in [0.29, 0.717) is 12.4 Å². The summed E-state index contributed by atoms with van der Waals surface area (Å²) in [4.78, 5) is 50.5. The first-order valence-corrected chi connectivity index (χ1v) is 16.3. The number of carbonyl (C=O) groups excluding carboxylic acids is 4. The standard InChI is InChI=1S/C34H55NO7/c1-4-7-8-9-10-11-12-13-14-15-16-17-18-19-20-21-25-42-30-24-22-23-29(26-30)33(38)34(39)35(27-31(36)40-5-2)28-32(37)41-6-3/h22-24,26H,4-21,25,27-28H2,1-3H3. The van der Waals surface area contributed by atoms with Gasteiger partial charge in [0.05, 0.1) is 19.8 Å². The van der Waals surface area contributed by atoms with Crippen LogP contribution in [0.25, 0.3) is 0 Å². The highest BCUT2D eigenvalue weighted by Gasteiger charge is 2.28. The lowest BCUT2D eigenvalue weighted by atomic mass is 10.0. The first-order valence-electron chi connectivity index (χ1n) is 16.3. The van der Waals surface area contributed by atoms with Gasteiger partial charge in [0.15, 0.2) is 0 Å². The van der Waals surface area contributed by atoms with E-state index in [9.17, 15) is 19.2 Å². The second-order valence-corrected chi connectivity index (χ2v) is 10.8. The van der Waals surface area contributed by atoms with Gasteiger partial charge < -0.3 is 19.1 Å². The van der Waals surface area contributed by atoms with Crippen LogP contribution in [-0.2, 0) is 23.9 Å². The summed E-state index contributed by atoms with van der Waals surface area (Å²) in [5, 5.41) is 0. The number of ketones is 1. The Bertz CT molecular complexity index is 882. The Morgan fingerprint density at radius 3 is 1.52 bits per heavy atom. The molecule has 0 atom stereocenters. The smallest absolute Gasteiger partial charge is 0.325 e. The van der Waals surface area contributed by atoms with Crippen LogP contribution in [0.1, 0.15) is 134 Å². The van der Waals surface area contributed by atoms with Gasteiger partial charge in [0.25, 0.3) is 11.7 Å². The molecular formula is C34H55NO7. The van der Waals surface area contributed by atoms with Crippen LogP contribution in [0.5, 0.6) is 5.75 Å². The summed E-state index contributed by atoms with van der Waals surface area (Å²) in [6.45, 7) is 5.25. The van der Waals surface area contributed by atoms with Crippen molar-refractivity contribution in [3.8, 4) is 5.75 Å². The third kappa shape index (κ3) is 17.8. The summed E-state index contributed by atoms with van der Waals surface area (Å²) in [5.74, 6) is -2.74. The molecule has 1 aromatic rings. The maximum atomic E-state index is 12.9. The highest BCUT2D eigenvalue weighted by atomic mass is 16.5. The topological polar surface area (TPSA) is 99.2 Å². The zero-order chi connectivity index (χ0) is 30.8. The van der Waals surface area contributed by atoms with Crippen LogP contribution < -0.4 is 4.74 Å². The molecule has 238 valence electrons. The van der Waals surface area contributed by atoms with Crippen LogP contribution in [0.15, 0.2) is 24.3 Å².